The Hall–Kier alpha value is -1.15. The Balaban J connectivity index is 2.60. The van der Waals surface area contributed by atoms with Crippen LogP contribution in [-0.4, -0.2) is 11.5 Å². The van der Waals surface area contributed by atoms with E-state index in [9.17, 15) is 0 Å². The number of allylic oxidation sites excluding steroid dienone is 1. The van der Waals surface area contributed by atoms with Crippen LogP contribution < -0.4 is 5.32 Å². The Morgan fingerprint density at radius 3 is 2.85 bits per heavy atom. The molecule has 1 rings (SSSR count). The molecule has 1 unspecified atom stereocenters. The van der Waals surface area contributed by atoms with Crippen LogP contribution in [-0.2, 0) is 6.42 Å². The van der Waals surface area contributed by atoms with Gasteiger partial charge in [-0.15, -0.1) is 6.58 Å². The smallest absolute Gasteiger partial charge is 0.0604 e. The molecule has 1 aromatic heterocycles. The van der Waals surface area contributed by atoms with Crippen molar-refractivity contribution in [2.75, 3.05) is 6.54 Å². The molecule has 0 aliphatic heterocycles. The molecule has 0 saturated carbocycles. The molecule has 1 atom stereocenters. The Labute approximate surface area is 124 Å². The van der Waals surface area contributed by atoms with Crippen LogP contribution in [0.25, 0.3) is 0 Å². The fourth-order valence-corrected chi connectivity index (χ4v) is 2.53. The number of nitrogens with zero attached hydrogens (tertiary/aromatic N) is 1. The van der Waals surface area contributed by atoms with E-state index in [-0.39, 0.29) is 0 Å². The molecule has 1 aromatic rings. The van der Waals surface area contributed by atoms with E-state index in [1.165, 1.54) is 43.4 Å². The van der Waals surface area contributed by atoms with Crippen molar-refractivity contribution in [3.05, 3.63) is 42.2 Å². The van der Waals surface area contributed by atoms with Crippen LogP contribution in [0.5, 0.6) is 0 Å². The predicted molar refractivity (Wildman–Crippen MR) is 87.9 cm³/mol. The van der Waals surface area contributed by atoms with E-state index in [0.29, 0.717) is 6.04 Å². The first-order valence-electron chi connectivity index (χ1n) is 8.11. The topological polar surface area (TPSA) is 24.9 Å². The number of aromatic nitrogens is 1. The summed E-state index contributed by atoms with van der Waals surface area (Å²) in [6.45, 7) is 9.27. The molecule has 0 aromatic carbocycles. The minimum atomic E-state index is 0.412. The Morgan fingerprint density at radius 1 is 1.30 bits per heavy atom. The molecule has 0 aliphatic rings. The van der Waals surface area contributed by atoms with Crippen molar-refractivity contribution < 1.29 is 0 Å². The van der Waals surface area contributed by atoms with Crippen LogP contribution in [0.4, 0.5) is 0 Å². The highest BCUT2D eigenvalue weighted by atomic mass is 14.9. The Kier molecular flexibility index (Phi) is 8.97. The summed E-state index contributed by atoms with van der Waals surface area (Å²) in [6, 6.07) is 4.67. The van der Waals surface area contributed by atoms with Crippen LogP contribution in [0.2, 0.25) is 0 Å². The molecule has 20 heavy (non-hydrogen) atoms. The molecule has 0 spiro atoms. The van der Waals surface area contributed by atoms with Gasteiger partial charge in [0.1, 0.15) is 0 Å². The lowest BCUT2D eigenvalue weighted by molar-refractivity contribution is 0.460. The summed E-state index contributed by atoms with van der Waals surface area (Å²) in [4.78, 5) is 4.64. The summed E-state index contributed by atoms with van der Waals surface area (Å²) in [5, 5.41) is 3.67. The molecule has 1 N–H and O–H groups in total. The number of unbranched alkanes of at least 4 members (excludes halogenated alkanes) is 3. The van der Waals surface area contributed by atoms with Gasteiger partial charge in [-0.25, -0.2) is 0 Å². The maximum atomic E-state index is 4.64. The zero-order valence-corrected chi connectivity index (χ0v) is 13.2. The maximum Gasteiger partial charge on any atom is 0.0604 e. The molecule has 0 aliphatic carbocycles. The number of hydrogen-bond acceptors (Lipinski definition) is 2. The number of hydrogen-bond donors (Lipinski definition) is 1. The van der Waals surface area contributed by atoms with Crippen molar-refractivity contribution in [2.45, 2.75) is 64.8 Å². The van der Waals surface area contributed by atoms with Gasteiger partial charge in [0, 0.05) is 12.2 Å². The van der Waals surface area contributed by atoms with Gasteiger partial charge in [-0.1, -0.05) is 38.8 Å². The van der Waals surface area contributed by atoms with Crippen molar-refractivity contribution in [2.24, 2.45) is 0 Å². The van der Waals surface area contributed by atoms with E-state index in [4.69, 9.17) is 0 Å². The summed E-state index contributed by atoms with van der Waals surface area (Å²) < 4.78 is 0. The minimum Gasteiger partial charge on any atom is -0.309 e. The normalized spacial score (nSPS) is 12.3. The second-order valence-electron chi connectivity index (χ2n) is 5.33. The van der Waals surface area contributed by atoms with Gasteiger partial charge in [0.25, 0.3) is 0 Å². The van der Waals surface area contributed by atoms with Gasteiger partial charge < -0.3 is 5.32 Å². The molecule has 0 amide bonds. The molecule has 1 heterocycles. The van der Waals surface area contributed by atoms with Gasteiger partial charge in [0.15, 0.2) is 0 Å². The number of aryl methyl sites for hydroxylation is 1. The van der Waals surface area contributed by atoms with Crippen LogP contribution in [0.1, 0.15) is 69.7 Å². The first kappa shape index (κ1) is 16.9. The van der Waals surface area contributed by atoms with Crippen LogP contribution >= 0.6 is 0 Å². The van der Waals surface area contributed by atoms with E-state index in [1.54, 1.807) is 0 Å². The van der Waals surface area contributed by atoms with Crippen LogP contribution in [0, 0.1) is 0 Å². The highest BCUT2D eigenvalue weighted by Crippen LogP contribution is 2.22. The van der Waals surface area contributed by atoms with Gasteiger partial charge in [-0.05, 0) is 50.3 Å². The zero-order chi connectivity index (χ0) is 14.6. The molecule has 112 valence electrons. The number of nitrogens with one attached hydrogen (secondary N) is 1. The highest BCUT2D eigenvalue weighted by Gasteiger charge is 2.14. The summed E-state index contributed by atoms with van der Waals surface area (Å²) in [5.74, 6) is 0. The lowest BCUT2D eigenvalue weighted by Gasteiger charge is -2.20. The van der Waals surface area contributed by atoms with Gasteiger partial charge >= 0.3 is 0 Å². The SMILES string of the molecule is C=CCCCCCC(NCCC)c1ncccc1CC. The quantitative estimate of drug-likeness (QED) is 0.462. The first-order valence-corrected chi connectivity index (χ1v) is 8.11. The fraction of sp³-hybridized carbons (Fsp3) is 0.611. The van der Waals surface area contributed by atoms with Gasteiger partial charge in [0.05, 0.1) is 5.69 Å². The third-order valence-corrected chi connectivity index (χ3v) is 3.68. The van der Waals surface area contributed by atoms with E-state index in [0.717, 1.165) is 19.4 Å². The van der Waals surface area contributed by atoms with Crippen LogP contribution in [0.15, 0.2) is 31.0 Å². The molecular weight excluding hydrogens is 244 g/mol. The number of rotatable bonds is 11. The summed E-state index contributed by atoms with van der Waals surface area (Å²) in [7, 11) is 0. The predicted octanol–water partition coefficient (Wildman–Crippen LogP) is 4.82. The van der Waals surface area contributed by atoms with Gasteiger partial charge in [0.2, 0.25) is 0 Å². The molecule has 0 saturated heterocycles. The summed E-state index contributed by atoms with van der Waals surface area (Å²) in [6.07, 6.45) is 12.3. The average Bonchev–Trinajstić information content (AvgIpc) is 2.50. The van der Waals surface area contributed by atoms with E-state index < -0.39 is 0 Å². The third kappa shape index (κ3) is 5.87. The lowest BCUT2D eigenvalue weighted by atomic mass is 9.99. The second-order valence-corrected chi connectivity index (χ2v) is 5.33. The third-order valence-electron chi connectivity index (χ3n) is 3.68. The summed E-state index contributed by atoms with van der Waals surface area (Å²) in [5.41, 5.74) is 2.64. The van der Waals surface area contributed by atoms with Crippen LogP contribution in [0.3, 0.4) is 0 Å². The molecule has 2 nitrogen and oxygen atoms in total. The number of pyridine rings is 1. The highest BCUT2D eigenvalue weighted by molar-refractivity contribution is 5.22. The lowest BCUT2D eigenvalue weighted by Crippen LogP contribution is -2.24. The monoisotopic (exact) mass is 274 g/mol. The molecular formula is C18H30N2. The fourth-order valence-electron chi connectivity index (χ4n) is 2.53. The van der Waals surface area contributed by atoms with E-state index in [1.807, 2.05) is 18.3 Å². The van der Waals surface area contributed by atoms with Crippen molar-refractivity contribution in [1.29, 1.82) is 0 Å². The second kappa shape index (κ2) is 10.6. The van der Waals surface area contributed by atoms with Crippen molar-refractivity contribution in [1.82, 2.24) is 10.3 Å². The largest absolute Gasteiger partial charge is 0.309 e. The van der Waals surface area contributed by atoms with Gasteiger partial charge in [-0.3, -0.25) is 4.98 Å². The maximum absolute atomic E-state index is 4.64. The molecule has 0 fully saturated rings. The van der Waals surface area contributed by atoms with Crippen molar-refractivity contribution in [3.8, 4) is 0 Å². The minimum absolute atomic E-state index is 0.412. The van der Waals surface area contributed by atoms with Crippen molar-refractivity contribution in [3.63, 3.8) is 0 Å². The average molecular weight is 274 g/mol. The van der Waals surface area contributed by atoms with E-state index >= 15 is 0 Å². The molecule has 0 radical (unpaired) electrons. The standard InChI is InChI=1S/C18H30N2/c1-4-7-8-9-10-13-17(19-14-5-2)18-16(6-3)12-11-15-20-18/h4,11-12,15,17,19H,1,5-10,13-14H2,2-3H3. The van der Waals surface area contributed by atoms with Gasteiger partial charge in [-0.2, -0.15) is 0 Å². The van der Waals surface area contributed by atoms with E-state index in [2.05, 4.69) is 36.8 Å². The zero-order valence-electron chi connectivity index (χ0n) is 13.2. The van der Waals surface area contributed by atoms with Crippen molar-refractivity contribution >= 4 is 0 Å². The molecule has 2 heteroatoms. The first-order chi connectivity index (χ1) is 9.83. The Morgan fingerprint density at radius 2 is 2.15 bits per heavy atom. The molecule has 0 bridgehead atoms. The Bertz CT molecular complexity index is 373. The summed E-state index contributed by atoms with van der Waals surface area (Å²) >= 11 is 0.